The maximum atomic E-state index is 11.6. The first kappa shape index (κ1) is 14.4. The van der Waals surface area contributed by atoms with Crippen molar-refractivity contribution < 1.29 is 13.2 Å². The van der Waals surface area contributed by atoms with E-state index in [9.17, 15) is 13.2 Å². The van der Waals surface area contributed by atoms with Crippen molar-refractivity contribution in [1.29, 1.82) is 0 Å². The highest BCUT2D eigenvalue weighted by molar-refractivity contribution is 7.88. The van der Waals surface area contributed by atoms with Crippen molar-refractivity contribution in [3.63, 3.8) is 0 Å². The van der Waals surface area contributed by atoms with Crippen molar-refractivity contribution in [3.05, 3.63) is 0 Å². The second kappa shape index (κ2) is 6.32. The lowest BCUT2D eigenvalue weighted by Crippen LogP contribution is -2.37. The molecule has 1 aliphatic rings. The van der Waals surface area contributed by atoms with Crippen LogP contribution in [0.5, 0.6) is 0 Å². The fourth-order valence-corrected chi connectivity index (χ4v) is 1.97. The molecule has 2 N–H and O–H groups in total. The number of nitrogens with zero attached hydrogens (tertiary/aromatic N) is 1. The molecule has 0 spiro atoms. The monoisotopic (exact) mass is 263 g/mol. The van der Waals surface area contributed by atoms with E-state index in [0.717, 1.165) is 19.1 Å². The first-order chi connectivity index (χ1) is 7.90. The van der Waals surface area contributed by atoms with Gasteiger partial charge >= 0.3 is 0 Å². The van der Waals surface area contributed by atoms with Crippen LogP contribution in [0.2, 0.25) is 0 Å². The normalized spacial score (nSPS) is 15.9. The fraction of sp³-hybridized carbons (Fsp3) is 0.900. The first-order valence-electron chi connectivity index (χ1n) is 5.81. The van der Waals surface area contributed by atoms with Gasteiger partial charge in [-0.1, -0.05) is 0 Å². The molecule has 0 unspecified atom stereocenters. The summed E-state index contributed by atoms with van der Waals surface area (Å²) in [6.45, 7) is 1.36. The molecule has 7 heteroatoms. The average Bonchev–Trinajstić information content (AvgIpc) is 3.03. The van der Waals surface area contributed by atoms with Gasteiger partial charge in [0, 0.05) is 19.6 Å². The molecule has 6 nitrogen and oxygen atoms in total. The number of amides is 1. The van der Waals surface area contributed by atoms with Crippen LogP contribution in [-0.4, -0.2) is 58.2 Å². The molecular formula is C10H21N3O3S. The zero-order valence-corrected chi connectivity index (χ0v) is 11.2. The van der Waals surface area contributed by atoms with Crippen molar-refractivity contribution in [2.75, 3.05) is 32.9 Å². The molecule has 0 aliphatic heterocycles. The van der Waals surface area contributed by atoms with E-state index in [0.29, 0.717) is 32.1 Å². The molecule has 0 aromatic heterocycles. The number of hydrogen-bond donors (Lipinski definition) is 2. The van der Waals surface area contributed by atoms with Crippen LogP contribution in [-0.2, 0) is 14.8 Å². The van der Waals surface area contributed by atoms with Crippen molar-refractivity contribution in [1.82, 2.24) is 14.9 Å². The SMILES string of the molecule is CN(C(=O)CNCCCNS(C)(=O)=O)C1CC1. The molecule has 1 aliphatic carbocycles. The Balaban J connectivity index is 1.98. The van der Waals surface area contributed by atoms with Crippen LogP contribution in [0.1, 0.15) is 19.3 Å². The van der Waals surface area contributed by atoms with Gasteiger partial charge in [-0.3, -0.25) is 4.79 Å². The lowest BCUT2D eigenvalue weighted by molar-refractivity contribution is -0.129. The summed E-state index contributed by atoms with van der Waals surface area (Å²) < 4.78 is 23.9. The Labute approximate surface area is 103 Å². The molecule has 0 saturated heterocycles. The summed E-state index contributed by atoms with van der Waals surface area (Å²) in [6, 6.07) is 0.441. The Hall–Kier alpha value is -0.660. The van der Waals surface area contributed by atoms with Crippen molar-refractivity contribution in [2.45, 2.75) is 25.3 Å². The summed E-state index contributed by atoms with van der Waals surface area (Å²) >= 11 is 0. The molecule has 17 heavy (non-hydrogen) atoms. The lowest BCUT2D eigenvalue weighted by Gasteiger charge is -2.16. The molecule has 1 saturated carbocycles. The molecule has 1 amide bonds. The third-order valence-electron chi connectivity index (χ3n) is 2.66. The van der Waals surface area contributed by atoms with Crippen LogP contribution in [0.3, 0.4) is 0 Å². The van der Waals surface area contributed by atoms with Gasteiger partial charge in [0.2, 0.25) is 15.9 Å². The van der Waals surface area contributed by atoms with Gasteiger partial charge < -0.3 is 10.2 Å². The Bertz CT molecular complexity index is 352. The molecule has 0 aromatic carbocycles. The van der Waals surface area contributed by atoms with Gasteiger partial charge in [0.05, 0.1) is 12.8 Å². The Morgan fingerprint density at radius 2 is 2.00 bits per heavy atom. The second-order valence-electron chi connectivity index (χ2n) is 4.43. The minimum Gasteiger partial charge on any atom is -0.342 e. The Kier molecular flexibility index (Phi) is 5.35. The van der Waals surface area contributed by atoms with Gasteiger partial charge in [-0.05, 0) is 25.8 Å². The van der Waals surface area contributed by atoms with Gasteiger partial charge in [-0.25, -0.2) is 13.1 Å². The number of rotatable bonds is 8. The van der Waals surface area contributed by atoms with Crippen LogP contribution in [0.25, 0.3) is 0 Å². The predicted molar refractivity (Wildman–Crippen MR) is 66.1 cm³/mol. The second-order valence-corrected chi connectivity index (χ2v) is 6.27. The van der Waals surface area contributed by atoms with E-state index in [4.69, 9.17) is 0 Å². The first-order valence-corrected chi connectivity index (χ1v) is 7.70. The quantitative estimate of drug-likeness (QED) is 0.558. The van der Waals surface area contributed by atoms with Gasteiger partial charge in [0.15, 0.2) is 0 Å². The average molecular weight is 263 g/mol. The van der Waals surface area contributed by atoms with Crippen molar-refractivity contribution >= 4 is 15.9 Å². The lowest BCUT2D eigenvalue weighted by atomic mass is 10.4. The van der Waals surface area contributed by atoms with E-state index in [2.05, 4.69) is 10.0 Å². The largest absolute Gasteiger partial charge is 0.342 e. The third kappa shape index (κ3) is 6.60. The molecule has 0 radical (unpaired) electrons. The fourth-order valence-electron chi connectivity index (χ4n) is 1.46. The van der Waals surface area contributed by atoms with Gasteiger partial charge in [0.1, 0.15) is 0 Å². The predicted octanol–water partition coefficient (Wildman–Crippen LogP) is -0.864. The number of carbonyl (C=O) groups is 1. The summed E-state index contributed by atoms with van der Waals surface area (Å²) in [5.41, 5.74) is 0. The summed E-state index contributed by atoms with van der Waals surface area (Å²) in [5, 5.41) is 3.01. The molecule has 1 rings (SSSR count). The maximum absolute atomic E-state index is 11.6. The summed E-state index contributed by atoms with van der Waals surface area (Å²) in [6.07, 6.45) is 4.03. The van der Waals surface area contributed by atoms with Crippen LogP contribution in [0.4, 0.5) is 0 Å². The summed E-state index contributed by atoms with van der Waals surface area (Å²) in [5.74, 6) is 0.101. The number of carbonyl (C=O) groups excluding carboxylic acids is 1. The molecule has 0 atom stereocenters. The smallest absolute Gasteiger partial charge is 0.236 e. The highest BCUT2D eigenvalue weighted by Crippen LogP contribution is 2.24. The summed E-state index contributed by atoms with van der Waals surface area (Å²) in [4.78, 5) is 13.3. The number of sulfonamides is 1. The maximum Gasteiger partial charge on any atom is 0.236 e. The van der Waals surface area contributed by atoms with Gasteiger partial charge in [0.25, 0.3) is 0 Å². The molecule has 100 valence electrons. The van der Waals surface area contributed by atoms with E-state index in [1.807, 2.05) is 7.05 Å². The minimum atomic E-state index is -3.10. The molecule has 1 fully saturated rings. The molecular weight excluding hydrogens is 242 g/mol. The molecule has 0 heterocycles. The van der Waals surface area contributed by atoms with Crippen LogP contribution < -0.4 is 10.0 Å². The van der Waals surface area contributed by atoms with Crippen LogP contribution in [0.15, 0.2) is 0 Å². The van der Waals surface area contributed by atoms with E-state index < -0.39 is 10.0 Å². The van der Waals surface area contributed by atoms with Gasteiger partial charge in [-0.15, -0.1) is 0 Å². The standard InChI is InChI=1S/C10H21N3O3S/c1-13(9-4-5-9)10(14)8-11-6-3-7-12-17(2,15)16/h9,11-12H,3-8H2,1-2H3. The van der Waals surface area contributed by atoms with Gasteiger partial charge in [-0.2, -0.15) is 0 Å². The number of hydrogen-bond acceptors (Lipinski definition) is 4. The third-order valence-corrected chi connectivity index (χ3v) is 3.39. The molecule has 0 bridgehead atoms. The van der Waals surface area contributed by atoms with Crippen molar-refractivity contribution in [3.8, 4) is 0 Å². The van der Waals surface area contributed by atoms with Crippen molar-refractivity contribution in [2.24, 2.45) is 0 Å². The van der Waals surface area contributed by atoms with E-state index in [-0.39, 0.29) is 5.91 Å². The Morgan fingerprint density at radius 1 is 1.35 bits per heavy atom. The van der Waals surface area contributed by atoms with Crippen LogP contribution >= 0.6 is 0 Å². The number of likely N-dealkylation sites (N-methyl/N-ethyl adjacent to an activating group) is 1. The highest BCUT2D eigenvalue weighted by atomic mass is 32.2. The van der Waals surface area contributed by atoms with E-state index in [1.54, 1.807) is 4.90 Å². The van der Waals surface area contributed by atoms with E-state index >= 15 is 0 Å². The Morgan fingerprint density at radius 3 is 2.53 bits per heavy atom. The van der Waals surface area contributed by atoms with Crippen LogP contribution in [0, 0.1) is 0 Å². The highest BCUT2D eigenvalue weighted by Gasteiger charge is 2.28. The zero-order chi connectivity index (χ0) is 12.9. The summed E-state index contributed by atoms with van der Waals surface area (Å²) in [7, 11) is -1.27. The topological polar surface area (TPSA) is 78.5 Å². The van der Waals surface area contributed by atoms with E-state index in [1.165, 1.54) is 0 Å². The minimum absolute atomic E-state index is 0.101. The molecule has 0 aromatic rings. The number of nitrogens with one attached hydrogen (secondary N) is 2. The zero-order valence-electron chi connectivity index (χ0n) is 10.4.